The largest absolute Gasteiger partial charge is 0.512 e. The van der Waals surface area contributed by atoms with Gasteiger partial charge in [0.25, 0.3) is 0 Å². The highest BCUT2D eigenvalue weighted by Gasteiger charge is 2.36. The zero-order valence-corrected chi connectivity index (χ0v) is 22.7. The Kier molecular flexibility index (Phi) is 15.4. The minimum absolute atomic E-state index is 0.307. The molecule has 0 saturated carbocycles. The molecular formula is C29H52O3S. The highest BCUT2D eigenvalue weighted by molar-refractivity contribution is 7.96. The Labute approximate surface area is 209 Å². The molecule has 0 aromatic heterocycles. The maximum absolute atomic E-state index is 12.1. The van der Waals surface area contributed by atoms with E-state index in [9.17, 15) is 15.0 Å². The topological polar surface area (TPSA) is 57.5 Å². The molecule has 1 unspecified atom stereocenters. The van der Waals surface area contributed by atoms with E-state index in [1.54, 1.807) is 6.08 Å². The van der Waals surface area contributed by atoms with Crippen LogP contribution in [-0.2, 0) is 4.79 Å². The summed E-state index contributed by atoms with van der Waals surface area (Å²) in [4.78, 5) is 12.1. The molecule has 0 heterocycles. The molecule has 0 aromatic carbocycles. The van der Waals surface area contributed by atoms with Gasteiger partial charge in [-0.25, -0.2) is 0 Å². The van der Waals surface area contributed by atoms with Gasteiger partial charge in [-0.2, -0.15) is 0 Å². The fourth-order valence-corrected chi connectivity index (χ4v) is 5.06. The molecule has 0 aliphatic heterocycles. The summed E-state index contributed by atoms with van der Waals surface area (Å²) in [6, 6.07) is 0. The van der Waals surface area contributed by atoms with Crippen molar-refractivity contribution in [2.24, 2.45) is 5.41 Å². The highest BCUT2D eigenvalue weighted by atomic mass is 32.1. The predicted molar refractivity (Wildman–Crippen MR) is 145 cm³/mol. The maximum atomic E-state index is 12.1. The number of rotatable bonds is 20. The van der Waals surface area contributed by atoms with Gasteiger partial charge in [0.05, 0.1) is 5.76 Å². The van der Waals surface area contributed by atoms with Crippen LogP contribution in [0.4, 0.5) is 0 Å². The van der Waals surface area contributed by atoms with Crippen LogP contribution in [0, 0.1) is 5.41 Å². The molecule has 4 heteroatoms. The van der Waals surface area contributed by atoms with E-state index in [0.717, 1.165) is 18.4 Å². The fourth-order valence-electron chi connectivity index (χ4n) is 4.87. The molecule has 0 amide bonds. The van der Waals surface area contributed by atoms with Gasteiger partial charge >= 0.3 is 0 Å². The zero-order chi connectivity index (χ0) is 24.6. The van der Waals surface area contributed by atoms with Crippen LogP contribution in [0.1, 0.15) is 143 Å². The van der Waals surface area contributed by atoms with E-state index in [0.29, 0.717) is 25.0 Å². The molecule has 0 radical (unpaired) electrons. The van der Waals surface area contributed by atoms with Crippen molar-refractivity contribution in [3.63, 3.8) is 0 Å². The first-order valence-corrected chi connectivity index (χ1v) is 14.2. The average molecular weight is 481 g/mol. The van der Waals surface area contributed by atoms with Crippen LogP contribution < -0.4 is 0 Å². The number of unbranched alkanes of at least 4 members (excludes halogenated alkanes) is 15. The molecule has 0 spiro atoms. The number of hydrogen-bond acceptors (Lipinski definition) is 3. The molecular weight excluding hydrogens is 428 g/mol. The number of allylic oxidation sites excluding steroid dienone is 3. The molecule has 1 aliphatic rings. The van der Waals surface area contributed by atoms with Gasteiger partial charge in [0.2, 0.25) is 5.12 Å². The normalized spacial score (nSPS) is 17.4. The standard InChI is InChI=1S/C29H52O3S/c1-4-5-6-7-8-9-10-11-12-13-14-15-16-17-18-19-22-29(32,27(31)33)24-25-20-21-26(30)28(2,3)23-25/h20-21,30,32H,4-19,22-24H2,1-3H3,(H,31,33). The van der Waals surface area contributed by atoms with E-state index in [4.69, 9.17) is 0 Å². The Bertz CT molecular complexity index is 608. The van der Waals surface area contributed by atoms with Crippen LogP contribution in [0.2, 0.25) is 0 Å². The number of aliphatic hydroxyl groups excluding tert-OH is 1. The van der Waals surface area contributed by atoms with Gasteiger partial charge in [0.15, 0.2) is 0 Å². The summed E-state index contributed by atoms with van der Waals surface area (Å²) in [6.45, 7) is 6.22. The highest BCUT2D eigenvalue weighted by Crippen LogP contribution is 2.39. The molecule has 0 bridgehead atoms. The molecule has 0 aromatic rings. The lowest BCUT2D eigenvalue weighted by Gasteiger charge is -2.32. The first-order valence-electron chi connectivity index (χ1n) is 13.8. The number of carbonyl (C=O) groups excluding carboxylic acids is 1. The second kappa shape index (κ2) is 16.8. The quantitative estimate of drug-likeness (QED) is 0.120. The average Bonchev–Trinajstić information content (AvgIpc) is 2.75. The minimum atomic E-state index is -1.40. The van der Waals surface area contributed by atoms with Crippen molar-refractivity contribution in [3.05, 3.63) is 23.5 Å². The summed E-state index contributed by atoms with van der Waals surface area (Å²) in [7, 11) is 0. The van der Waals surface area contributed by atoms with Crippen LogP contribution in [0.25, 0.3) is 0 Å². The number of thiol groups is 1. The van der Waals surface area contributed by atoms with E-state index in [1.165, 1.54) is 89.9 Å². The van der Waals surface area contributed by atoms with Gasteiger partial charge in [-0.1, -0.05) is 135 Å². The summed E-state index contributed by atoms with van der Waals surface area (Å²) in [5.41, 5.74) is -0.750. The van der Waals surface area contributed by atoms with Crippen molar-refractivity contribution >= 4 is 17.7 Å². The predicted octanol–water partition coefficient (Wildman–Crippen LogP) is 9.01. The number of carbonyl (C=O) groups is 1. The lowest BCUT2D eigenvalue weighted by molar-refractivity contribution is -0.128. The van der Waals surface area contributed by atoms with Crippen LogP contribution in [0.5, 0.6) is 0 Å². The maximum Gasteiger partial charge on any atom is 0.217 e. The monoisotopic (exact) mass is 480 g/mol. The molecule has 33 heavy (non-hydrogen) atoms. The van der Waals surface area contributed by atoms with E-state index in [1.807, 2.05) is 19.9 Å². The van der Waals surface area contributed by atoms with Crippen LogP contribution in [-0.4, -0.2) is 20.9 Å². The first kappa shape index (κ1) is 30.3. The van der Waals surface area contributed by atoms with Crippen LogP contribution >= 0.6 is 12.6 Å². The zero-order valence-electron chi connectivity index (χ0n) is 21.8. The van der Waals surface area contributed by atoms with Crippen molar-refractivity contribution in [3.8, 4) is 0 Å². The molecule has 1 rings (SSSR count). The van der Waals surface area contributed by atoms with Crippen molar-refractivity contribution < 1.29 is 15.0 Å². The third kappa shape index (κ3) is 13.1. The molecule has 0 saturated heterocycles. The molecule has 192 valence electrons. The first-order chi connectivity index (χ1) is 15.7. The van der Waals surface area contributed by atoms with Crippen molar-refractivity contribution in [2.75, 3.05) is 0 Å². The lowest BCUT2D eigenvalue weighted by Crippen LogP contribution is -2.37. The van der Waals surface area contributed by atoms with E-state index >= 15 is 0 Å². The Balaban J connectivity index is 2.08. The lowest BCUT2D eigenvalue weighted by atomic mass is 9.76. The summed E-state index contributed by atoms with van der Waals surface area (Å²) in [5, 5.41) is 20.5. The van der Waals surface area contributed by atoms with Crippen molar-refractivity contribution in [2.45, 2.75) is 148 Å². The van der Waals surface area contributed by atoms with Gasteiger partial charge in [0.1, 0.15) is 5.60 Å². The van der Waals surface area contributed by atoms with Gasteiger partial charge in [-0.05, 0) is 18.9 Å². The van der Waals surface area contributed by atoms with Gasteiger partial charge < -0.3 is 10.2 Å². The van der Waals surface area contributed by atoms with Crippen molar-refractivity contribution in [1.29, 1.82) is 0 Å². The third-order valence-corrected chi connectivity index (χ3v) is 7.62. The van der Waals surface area contributed by atoms with Gasteiger partial charge in [-0.3, -0.25) is 4.79 Å². The van der Waals surface area contributed by atoms with Gasteiger partial charge in [-0.15, -0.1) is 12.6 Å². The van der Waals surface area contributed by atoms with E-state index in [-0.39, 0.29) is 5.41 Å². The molecule has 3 nitrogen and oxygen atoms in total. The molecule has 2 N–H and O–H groups in total. The Morgan fingerprint density at radius 2 is 1.27 bits per heavy atom. The van der Waals surface area contributed by atoms with E-state index < -0.39 is 10.7 Å². The summed E-state index contributed by atoms with van der Waals surface area (Å²) >= 11 is 3.99. The Morgan fingerprint density at radius 1 is 0.848 bits per heavy atom. The van der Waals surface area contributed by atoms with Gasteiger partial charge in [0, 0.05) is 11.8 Å². The smallest absolute Gasteiger partial charge is 0.217 e. The van der Waals surface area contributed by atoms with Crippen molar-refractivity contribution in [1.82, 2.24) is 0 Å². The third-order valence-electron chi connectivity index (χ3n) is 7.20. The van der Waals surface area contributed by atoms with E-state index in [2.05, 4.69) is 19.6 Å². The summed E-state index contributed by atoms with van der Waals surface area (Å²) in [5.74, 6) is 0.352. The number of aliphatic hydroxyl groups is 2. The van der Waals surface area contributed by atoms with Crippen LogP contribution in [0.15, 0.2) is 23.5 Å². The molecule has 1 atom stereocenters. The second-order valence-electron chi connectivity index (χ2n) is 11.0. The SMILES string of the molecule is CCCCCCCCCCCCCCCCCCC(O)(CC1=CC=C(O)C(C)(C)C1)C(=O)S. The second-order valence-corrected chi connectivity index (χ2v) is 11.4. The summed E-state index contributed by atoms with van der Waals surface area (Å²) < 4.78 is 0. The van der Waals surface area contributed by atoms with Crippen LogP contribution in [0.3, 0.4) is 0 Å². The fraction of sp³-hybridized carbons (Fsp3) is 0.828. The minimum Gasteiger partial charge on any atom is -0.512 e. The molecule has 0 fully saturated rings. The Hall–Kier alpha value is -0.740. The summed E-state index contributed by atoms with van der Waals surface area (Å²) in [6.07, 6.45) is 25.8. The number of hydrogen-bond donors (Lipinski definition) is 3. The Morgan fingerprint density at radius 3 is 1.67 bits per heavy atom. The molecule has 1 aliphatic carbocycles.